The molecule has 1 aromatic heterocycles. The standard InChI is InChI=1S/C17H21ClN4O2/c1-3-21(10-13-8-9-24-11-13)17(23)16-19-12(2)22(20-16)15-7-5-4-6-14(15)18/h4-7,13H,3,8-11H2,1-2H3. The van der Waals surface area contributed by atoms with Crippen LogP contribution in [-0.4, -0.2) is 51.9 Å². The summed E-state index contributed by atoms with van der Waals surface area (Å²) >= 11 is 6.22. The SMILES string of the molecule is CCN(CC1CCOC1)C(=O)c1nc(C)n(-c2ccccc2Cl)n1. The van der Waals surface area contributed by atoms with Gasteiger partial charge in [-0.25, -0.2) is 9.67 Å². The second-order valence-corrected chi connectivity index (χ2v) is 6.33. The molecule has 1 saturated heterocycles. The Labute approximate surface area is 146 Å². The number of ether oxygens (including phenoxy) is 1. The Kier molecular flexibility index (Phi) is 5.16. The number of aromatic nitrogens is 3. The number of rotatable bonds is 5. The van der Waals surface area contributed by atoms with Crippen LogP contribution < -0.4 is 0 Å². The number of halogens is 1. The van der Waals surface area contributed by atoms with Gasteiger partial charge in [0.05, 0.1) is 17.3 Å². The molecule has 24 heavy (non-hydrogen) atoms. The number of carbonyl (C=O) groups is 1. The van der Waals surface area contributed by atoms with Gasteiger partial charge in [0.1, 0.15) is 5.82 Å². The molecule has 1 aliphatic rings. The Morgan fingerprint density at radius 1 is 1.46 bits per heavy atom. The van der Waals surface area contributed by atoms with E-state index in [1.807, 2.05) is 32.0 Å². The van der Waals surface area contributed by atoms with Crippen molar-refractivity contribution in [3.63, 3.8) is 0 Å². The second kappa shape index (κ2) is 7.32. The lowest BCUT2D eigenvalue weighted by Gasteiger charge is -2.22. The fourth-order valence-corrected chi connectivity index (χ4v) is 3.08. The highest BCUT2D eigenvalue weighted by Gasteiger charge is 2.25. The zero-order chi connectivity index (χ0) is 17.1. The van der Waals surface area contributed by atoms with Crippen molar-refractivity contribution in [2.24, 2.45) is 5.92 Å². The van der Waals surface area contributed by atoms with Gasteiger partial charge in [0.25, 0.3) is 5.91 Å². The molecule has 0 N–H and O–H groups in total. The van der Waals surface area contributed by atoms with E-state index in [0.717, 1.165) is 18.7 Å². The number of hydrogen-bond donors (Lipinski definition) is 0. The van der Waals surface area contributed by atoms with Crippen LogP contribution in [0.25, 0.3) is 5.69 Å². The average molecular weight is 349 g/mol. The molecule has 3 rings (SSSR count). The maximum Gasteiger partial charge on any atom is 0.293 e. The maximum absolute atomic E-state index is 12.8. The van der Waals surface area contributed by atoms with Crippen molar-refractivity contribution >= 4 is 17.5 Å². The lowest BCUT2D eigenvalue weighted by Crippen LogP contribution is -2.36. The molecular formula is C17H21ClN4O2. The van der Waals surface area contributed by atoms with Gasteiger partial charge in [0, 0.05) is 25.6 Å². The van der Waals surface area contributed by atoms with Gasteiger partial charge < -0.3 is 9.64 Å². The zero-order valence-electron chi connectivity index (χ0n) is 13.9. The molecule has 1 amide bonds. The molecule has 0 radical (unpaired) electrons. The van der Waals surface area contributed by atoms with Gasteiger partial charge in [-0.3, -0.25) is 4.79 Å². The van der Waals surface area contributed by atoms with Crippen LogP contribution in [0, 0.1) is 12.8 Å². The number of amides is 1. The van der Waals surface area contributed by atoms with Crippen LogP contribution in [0.4, 0.5) is 0 Å². The molecular weight excluding hydrogens is 328 g/mol. The van der Waals surface area contributed by atoms with Gasteiger partial charge in [-0.05, 0) is 32.4 Å². The predicted octanol–water partition coefficient (Wildman–Crippen LogP) is 2.73. The average Bonchev–Trinajstić information content (AvgIpc) is 3.22. The fraction of sp³-hybridized carbons (Fsp3) is 0.471. The van der Waals surface area contributed by atoms with Crippen LogP contribution in [0.5, 0.6) is 0 Å². The van der Waals surface area contributed by atoms with E-state index in [2.05, 4.69) is 10.1 Å². The summed E-state index contributed by atoms with van der Waals surface area (Å²) in [7, 11) is 0. The van der Waals surface area contributed by atoms with E-state index in [1.54, 1.807) is 15.6 Å². The van der Waals surface area contributed by atoms with Crippen molar-refractivity contribution in [2.45, 2.75) is 20.3 Å². The molecule has 1 aromatic carbocycles. The first-order chi connectivity index (χ1) is 11.6. The number of carbonyl (C=O) groups excluding carboxylic acids is 1. The third kappa shape index (κ3) is 3.44. The lowest BCUT2D eigenvalue weighted by atomic mass is 10.1. The summed E-state index contributed by atoms with van der Waals surface area (Å²) < 4.78 is 7.01. The van der Waals surface area contributed by atoms with Crippen molar-refractivity contribution in [3.8, 4) is 5.69 Å². The van der Waals surface area contributed by atoms with E-state index in [-0.39, 0.29) is 11.7 Å². The topological polar surface area (TPSA) is 60.2 Å². The smallest absolute Gasteiger partial charge is 0.293 e. The van der Waals surface area contributed by atoms with Crippen molar-refractivity contribution in [1.82, 2.24) is 19.7 Å². The Balaban J connectivity index is 1.82. The number of aryl methyl sites for hydroxylation is 1. The molecule has 1 unspecified atom stereocenters. The van der Waals surface area contributed by atoms with Crippen LogP contribution in [0.1, 0.15) is 29.8 Å². The minimum atomic E-state index is -0.154. The summed E-state index contributed by atoms with van der Waals surface area (Å²) in [5.41, 5.74) is 0.718. The maximum atomic E-state index is 12.8. The molecule has 6 nitrogen and oxygen atoms in total. The Bertz CT molecular complexity index is 725. The van der Waals surface area contributed by atoms with Gasteiger partial charge in [-0.15, -0.1) is 5.10 Å². The van der Waals surface area contributed by atoms with E-state index in [9.17, 15) is 4.79 Å². The highest BCUT2D eigenvalue weighted by molar-refractivity contribution is 6.32. The first-order valence-electron chi connectivity index (χ1n) is 8.15. The second-order valence-electron chi connectivity index (χ2n) is 5.92. The molecule has 0 aliphatic carbocycles. The van der Waals surface area contributed by atoms with Gasteiger partial charge >= 0.3 is 0 Å². The molecule has 2 heterocycles. The highest BCUT2D eigenvalue weighted by Crippen LogP contribution is 2.21. The zero-order valence-corrected chi connectivity index (χ0v) is 14.7. The Hall–Kier alpha value is -1.92. The quantitative estimate of drug-likeness (QED) is 0.833. The third-order valence-corrected chi connectivity index (χ3v) is 4.53. The van der Waals surface area contributed by atoms with Gasteiger partial charge in [0.2, 0.25) is 5.82 Å². The van der Waals surface area contributed by atoms with Crippen LogP contribution >= 0.6 is 11.6 Å². The van der Waals surface area contributed by atoms with Gasteiger partial charge in [-0.1, -0.05) is 23.7 Å². The van der Waals surface area contributed by atoms with E-state index < -0.39 is 0 Å². The van der Waals surface area contributed by atoms with Crippen molar-refractivity contribution in [2.75, 3.05) is 26.3 Å². The van der Waals surface area contributed by atoms with E-state index in [0.29, 0.717) is 36.5 Å². The molecule has 0 saturated carbocycles. The number of hydrogen-bond acceptors (Lipinski definition) is 4. The minimum absolute atomic E-state index is 0.154. The molecule has 7 heteroatoms. The van der Waals surface area contributed by atoms with Crippen LogP contribution in [0.15, 0.2) is 24.3 Å². The van der Waals surface area contributed by atoms with Crippen LogP contribution in [0.2, 0.25) is 5.02 Å². The number of para-hydroxylation sites is 1. The Morgan fingerprint density at radius 3 is 2.92 bits per heavy atom. The first-order valence-corrected chi connectivity index (χ1v) is 8.53. The molecule has 1 atom stereocenters. The van der Waals surface area contributed by atoms with Gasteiger partial charge in [-0.2, -0.15) is 0 Å². The van der Waals surface area contributed by atoms with Crippen LogP contribution in [-0.2, 0) is 4.74 Å². The van der Waals surface area contributed by atoms with E-state index in [1.165, 1.54) is 0 Å². The third-order valence-electron chi connectivity index (χ3n) is 4.21. The van der Waals surface area contributed by atoms with E-state index >= 15 is 0 Å². The summed E-state index contributed by atoms with van der Waals surface area (Å²) in [6.07, 6.45) is 0.990. The number of benzene rings is 1. The van der Waals surface area contributed by atoms with Crippen molar-refractivity contribution in [1.29, 1.82) is 0 Å². The lowest BCUT2D eigenvalue weighted by molar-refractivity contribution is 0.0718. The van der Waals surface area contributed by atoms with Crippen molar-refractivity contribution < 1.29 is 9.53 Å². The molecule has 1 aliphatic heterocycles. The Morgan fingerprint density at radius 2 is 2.25 bits per heavy atom. The molecule has 0 spiro atoms. The van der Waals surface area contributed by atoms with E-state index in [4.69, 9.17) is 16.3 Å². The summed E-state index contributed by atoms with van der Waals surface area (Å²) in [5.74, 6) is 1.07. The van der Waals surface area contributed by atoms with Crippen molar-refractivity contribution in [3.05, 3.63) is 40.9 Å². The summed E-state index contributed by atoms with van der Waals surface area (Å²) in [5, 5.41) is 4.95. The van der Waals surface area contributed by atoms with Crippen LogP contribution in [0.3, 0.4) is 0 Å². The molecule has 0 bridgehead atoms. The molecule has 128 valence electrons. The normalized spacial score (nSPS) is 17.2. The highest BCUT2D eigenvalue weighted by atomic mass is 35.5. The summed E-state index contributed by atoms with van der Waals surface area (Å²) in [6.45, 7) is 6.56. The first kappa shape index (κ1) is 16.9. The fourth-order valence-electron chi connectivity index (χ4n) is 2.87. The summed E-state index contributed by atoms with van der Waals surface area (Å²) in [6, 6.07) is 7.37. The monoisotopic (exact) mass is 348 g/mol. The summed E-state index contributed by atoms with van der Waals surface area (Å²) in [4.78, 5) is 18.9. The molecule has 2 aromatic rings. The molecule has 1 fully saturated rings. The predicted molar refractivity (Wildman–Crippen MR) is 91.6 cm³/mol. The van der Waals surface area contributed by atoms with Gasteiger partial charge in [0.15, 0.2) is 0 Å². The largest absolute Gasteiger partial charge is 0.381 e. The minimum Gasteiger partial charge on any atom is -0.381 e. The number of nitrogens with zero attached hydrogens (tertiary/aromatic N) is 4.